The second-order valence-corrected chi connectivity index (χ2v) is 4.82. The summed E-state index contributed by atoms with van der Waals surface area (Å²) in [5.74, 6) is 1.03. The summed E-state index contributed by atoms with van der Waals surface area (Å²) in [4.78, 5) is 0. The SMILES string of the molecule is CCC(CC)C(O)c1ccc(Br)cc1OC. The van der Waals surface area contributed by atoms with Gasteiger partial charge in [-0.3, -0.25) is 0 Å². The quantitative estimate of drug-likeness (QED) is 0.889. The maximum Gasteiger partial charge on any atom is 0.125 e. The van der Waals surface area contributed by atoms with E-state index in [1.165, 1.54) is 0 Å². The number of ether oxygens (including phenoxy) is 1. The Hall–Kier alpha value is -0.540. The van der Waals surface area contributed by atoms with Crippen molar-refractivity contribution in [3.05, 3.63) is 28.2 Å². The fraction of sp³-hybridized carbons (Fsp3) is 0.538. The van der Waals surface area contributed by atoms with E-state index in [-0.39, 0.29) is 5.92 Å². The molecule has 0 aliphatic heterocycles. The molecule has 0 saturated carbocycles. The molecule has 1 unspecified atom stereocenters. The molecule has 90 valence electrons. The van der Waals surface area contributed by atoms with Gasteiger partial charge in [0.25, 0.3) is 0 Å². The Morgan fingerprint density at radius 3 is 2.44 bits per heavy atom. The van der Waals surface area contributed by atoms with Crippen LogP contribution in [0, 0.1) is 5.92 Å². The van der Waals surface area contributed by atoms with Crippen LogP contribution in [0.25, 0.3) is 0 Å². The van der Waals surface area contributed by atoms with E-state index in [1.54, 1.807) is 7.11 Å². The lowest BCUT2D eigenvalue weighted by Crippen LogP contribution is -2.12. The number of methoxy groups -OCH3 is 1. The van der Waals surface area contributed by atoms with Gasteiger partial charge in [0.05, 0.1) is 13.2 Å². The first kappa shape index (κ1) is 13.5. The molecule has 0 bridgehead atoms. The van der Waals surface area contributed by atoms with Crippen LogP contribution in [0.4, 0.5) is 0 Å². The highest BCUT2D eigenvalue weighted by Crippen LogP contribution is 2.34. The number of hydrogen-bond donors (Lipinski definition) is 1. The van der Waals surface area contributed by atoms with Crippen molar-refractivity contribution in [2.75, 3.05) is 7.11 Å². The van der Waals surface area contributed by atoms with Crippen molar-refractivity contribution in [2.45, 2.75) is 32.8 Å². The van der Waals surface area contributed by atoms with Gasteiger partial charge in [0.1, 0.15) is 5.75 Å². The summed E-state index contributed by atoms with van der Waals surface area (Å²) >= 11 is 3.40. The van der Waals surface area contributed by atoms with E-state index >= 15 is 0 Å². The van der Waals surface area contributed by atoms with Crippen LogP contribution in [0.1, 0.15) is 38.4 Å². The topological polar surface area (TPSA) is 29.5 Å². The minimum atomic E-state index is -0.446. The van der Waals surface area contributed by atoms with Crippen LogP contribution in [-0.2, 0) is 0 Å². The Labute approximate surface area is 106 Å². The van der Waals surface area contributed by atoms with Crippen molar-refractivity contribution in [1.29, 1.82) is 0 Å². The van der Waals surface area contributed by atoms with Crippen LogP contribution in [-0.4, -0.2) is 12.2 Å². The molecule has 0 radical (unpaired) electrons. The van der Waals surface area contributed by atoms with Crippen LogP contribution in [0.15, 0.2) is 22.7 Å². The van der Waals surface area contributed by atoms with E-state index in [0.717, 1.165) is 28.6 Å². The summed E-state index contributed by atoms with van der Waals surface area (Å²) < 4.78 is 6.26. The average molecular weight is 287 g/mol. The third kappa shape index (κ3) is 2.98. The number of rotatable bonds is 5. The molecular formula is C13H19BrO2. The molecule has 1 rings (SSSR count). The largest absolute Gasteiger partial charge is 0.496 e. The highest BCUT2D eigenvalue weighted by molar-refractivity contribution is 9.10. The molecule has 0 aliphatic rings. The molecule has 1 atom stereocenters. The van der Waals surface area contributed by atoms with Crippen molar-refractivity contribution < 1.29 is 9.84 Å². The predicted octanol–water partition coefficient (Wildman–Crippen LogP) is 3.93. The van der Waals surface area contributed by atoms with Gasteiger partial charge >= 0.3 is 0 Å². The second-order valence-electron chi connectivity index (χ2n) is 3.91. The summed E-state index contributed by atoms with van der Waals surface area (Å²) in [7, 11) is 1.63. The standard InChI is InChI=1S/C13H19BrO2/c1-4-9(5-2)13(15)11-7-6-10(14)8-12(11)16-3/h6-9,13,15H,4-5H2,1-3H3. The van der Waals surface area contributed by atoms with E-state index in [1.807, 2.05) is 18.2 Å². The van der Waals surface area contributed by atoms with Crippen molar-refractivity contribution >= 4 is 15.9 Å². The lowest BCUT2D eigenvalue weighted by atomic mass is 9.91. The van der Waals surface area contributed by atoms with Gasteiger partial charge in [0.2, 0.25) is 0 Å². The molecular weight excluding hydrogens is 268 g/mol. The molecule has 1 aromatic carbocycles. The Bertz CT molecular complexity index is 335. The Morgan fingerprint density at radius 1 is 1.31 bits per heavy atom. The minimum Gasteiger partial charge on any atom is -0.496 e. The van der Waals surface area contributed by atoms with Gasteiger partial charge in [-0.15, -0.1) is 0 Å². The van der Waals surface area contributed by atoms with Crippen LogP contribution in [0.5, 0.6) is 5.75 Å². The molecule has 16 heavy (non-hydrogen) atoms. The third-order valence-corrected chi connectivity index (χ3v) is 3.50. The monoisotopic (exact) mass is 286 g/mol. The fourth-order valence-electron chi connectivity index (χ4n) is 1.92. The van der Waals surface area contributed by atoms with Crippen LogP contribution in [0.2, 0.25) is 0 Å². The zero-order valence-electron chi connectivity index (χ0n) is 10.0. The van der Waals surface area contributed by atoms with E-state index in [2.05, 4.69) is 29.8 Å². The maximum atomic E-state index is 10.3. The predicted molar refractivity (Wildman–Crippen MR) is 69.7 cm³/mol. The van der Waals surface area contributed by atoms with Gasteiger partial charge in [-0.1, -0.05) is 48.7 Å². The number of benzene rings is 1. The van der Waals surface area contributed by atoms with Crippen molar-refractivity contribution in [3.8, 4) is 5.75 Å². The fourth-order valence-corrected chi connectivity index (χ4v) is 2.26. The highest BCUT2D eigenvalue weighted by atomic mass is 79.9. The lowest BCUT2D eigenvalue weighted by molar-refractivity contribution is 0.100. The molecule has 0 aromatic heterocycles. The molecule has 0 aliphatic carbocycles. The van der Waals surface area contributed by atoms with Crippen LogP contribution < -0.4 is 4.74 Å². The minimum absolute atomic E-state index is 0.287. The van der Waals surface area contributed by atoms with Gasteiger partial charge in [-0.2, -0.15) is 0 Å². The first-order valence-corrected chi connectivity index (χ1v) is 6.44. The Balaban J connectivity index is 3.02. The molecule has 0 amide bonds. The molecule has 2 nitrogen and oxygen atoms in total. The zero-order valence-corrected chi connectivity index (χ0v) is 11.6. The molecule has 1 aromatic rings. The summed E-state index contributed by atoms with van der Waals surface area (Å²) in [6, 6.07) is 5.75. The summed E-state index contributed by atoms with van der Waals surface area (Å²) in [6.07, 6.45) is 1.49. The molecule has 0 saturated heterocycles. The maximum absolute atomic E-state index is 10.3. The summed E-state index contributed by atoms with van der Waals surface area (Å²) in [5, 5.41) is 10.3. The Kier molecular flexibility index (Phi) is 5.29. The van der Waals surface area contributed by atoms with Crippen molar-refractivity contribution in [1.82, 2.24) is 0 Å². The summed E-state index contributed by atoms with van der Waals surface area (Å²) in [5.41, 5.74) is 0.874. The van der Waals surface area contributed by atoms with E-state index in [9.17, 15) is 5.11 Å². The number of aliphatic hydroxyl groups is 1. The van der Waals surface area contributed by atoms with Gasteiger partial charge < -0.3 is 9.84 Å². The molecule has 0 spiro atoms. The van der Waals surface area contributed by atoms with Crippen molar-refractivity contribution in [3.63, 3.8) is 0 Å². The molecule has 0 heterocycles. The van der Waals surface area contributed by atoms with Crippen molar-refractivity contribution in [2.24, 2.45) is 5.92 Å². The normalized spacial score (nSPS) is 12.9. The number of halogens is 1. The van der Waals surface area contributed by atoms with Gasteiger partial charge in [0, 0.05) is 10.0 Å². The van der Waals surface area contributed by atoms with Gasteiger partial charge in [-0.05, 0) is 18.1 Å². The number of hydrogen-bond acceptors (Lipinski definition) is 2. The van der Waals surface area contributed by atoms with E-state index in [4.69, 9.17) is 4.74 Å². The van der Waals surface area contributed by atoms with Gasteiger partial charge in [-0.25, -0.2) is 0 Å². The van der Waals surface area contributed by atoms with E-state index in [0.29, 0.717) is 0 Å². The molecule has 1 N–H and O–H groups in total. The van der Waals surface area contributed by atoms with E-state index < -0.39 is 6.10 Å². The highest BCUT2D eigenvalue weighted by Gasteiger charge is 2.20. The Morgan fingerprint density at radius 2 is 1.94 bits per heavy atom. The van der Waals surface area contributed by atoms with Crippen LogP contribution >= 0.6 is 15.9 Å². The lowest BCUT2D eigenvalue weighted by Gasteiger charge is -2.22. The smallest absolute Gasteiger partial charge is 0.125 e. The van der Waals surface area contributed by atoms with Crippen LogP contribution in [0.3, 0.4) is 0 Å². The number of aliphatic hydroxyl groups excluding tert-OH is 1. The molecule has 0 fully saturated rings. The zero-order chi connectivity index (χ0) is 12.1. The second kappa shape index (κ2) is 6.26. The first-order chi connectivity index (χ1) is 7.63. The third-order valence-electron chi connectivity index (χ3n) is 3.01. The first-order valence-electron chi connectivity index (χ1n) is 5.65. The average Bonchev–Trinajstić information content (AvgIpc) is 2.30. The van der Waals surface area contributed by atoms with Gasteiger partial charge in [0.15, 0.2) is 0 Å². The molecule has 3 heteroatoms. The summed E-state index contributed by atoms with van der Waals surface area (Å²) in [6.45, 7) is 4.20.